The molecule has 0 aromatic heterocycles. The zero-order valence-corrected chi connectivity index (χ0v) is 7.70. The first kappa shape index (κ1) is 9.44. The van der Waals surface area contributed by atoms with E-state index in [4.69, 9.17) is 11.6 Å². The van der Waals surface area contributed by atoms with Gasteiger partial charge in [0.15, 0.2) is 0 Å². The second-order valence-corrected chi connectivity index (χ2v) is 3.36. The van der Waals surface area contributed by atoms with Gasteiger partial charge in [-0.1, -0.05) is 22.9 Å². The van der Waals surface area contributed by atoms with E-state index < -0.39 is 0 Å². The van der Waals surface area contributed by atoms with Crippen LogP contribution in [-0.4, -0.2) is 10.6 Å². The van der Waals surface area contributed by atoms with Crippen molar-refractivity contribution in [2.75, 3.05) is 5.33 Å². The molecule has 0 saturated carbocycles. The van der Waals surface area contributed by atoms with Gasteiger partial charge >= 0.3 is 0 Å². The summed E-state index contributed by atoms with van der Waals surface area (Å²) >= 11 is 8.44. The summed E-state index contributed by atoms with van der Waals surface area (Å²) < 4.78 is 0. The highest BCUT2D eigenvalue weighted by molar-refractivity contribution is 9.09. The number of carbonyl (C=O) groups excluding carboxylic acids is 1. The summed E-state index contributed by atoms with van der Waals surface area (Å²) in [6, 6.07) is 0. The van der Waals surface area contributed by atoms with Crippen molar-refractivity contribution in [3.63, 3.8) is 0 Å². The van der Waals surface area contributed by atoms with Crippen molar-refractivity contribution in [2.24, 2.45) is 5.92 Å². The zero-order chi connectivity index (χ0) is 7.28. The van der Waals surface area contributed by atoms with Crippen molar-refractivity contribution in [1.82, 2.24) is 0 Å². The number of alkyl halides is 1. The van der Waals surface area contributed by atoms with Gasteiger partial charge in [0.1, 0.15) is 0 Å². The Hall–Kier alpha value is 0.440. The van der Waals surface area contributed by atoms with Crippen molar-refractivity contribution in [3.05, 3.63) is 0 Å². The van der Waals surface area contributed by atoms with E-state index in [0.29, 0.717) is 12.3 Å². The minimum atomic E-state index is -0.233. The van der Waals surface area contributed by atoms with Crippen LogP contribution in [-0.2, 0) is 4.79 Å². The Balaban J connectivity index is 3.26. The van der Waals surface area contributed by atoms with E-state index in [-0.39, 0.29) is 5.24 Å². The van der Waals surface area contributed by atoms with Gasteiger partial charge in [0.2, 0.25) is 5.24 Å². The van der Waals surface area contributed by atoms with E-state index in [1.807, 2.05) is 6.92 Å². The maximum atomic E-state index is 10.3. The molecule has 3 heteroatoms. The molecule has 0 saturated heterocycles. The van der Waals surface area contributed by atoms with Crippen LogP contribution in [0.4, 0.5) is 0 Å². The summed E-state index contributed by atoms with van der Waals surface area (Å²) in [4.78, 5) is 10.3. The average Bonchev–Trinajstić information content (AvgIpc) is 1.63. The molecule has 0 aromatic rings. The lowest BCUT2D eigenvalue weighted by Gasteiger charge is -2.03. The second-order valence-electron chi connectivity index (χ2n) is 2.14. The SMILES string of the molecule is CC(CCBr)CC(=O)Cl. The van der Waals surface area contributed by atoms with Crippen molar-refractivity contribution in [3.8, 4) is 0 Å². The van der Waals surface area contributed by atoms with Crippen molar-refractivity contribution in [2.45, 2.75) is 19.8 Å². The van der Waals surface area contributed by atoms with Crippen LogP contribution in [0, 0.1) is 5.92 Å². The molecular formula is C6H10BrClO. The molecule has 0 amide bonds. The predicted molar refractivity (Wildman–Crippen MR) is 43.1 cm³/mol. The van der Waals surface area contributed by atoms with Gasteiger partial charge in [0.05, 0.1) is 0 Å². The van der Waals surface area contributed by atoms with Gasteiger partial charge < -0.3 is 0 Å². The fraction of sp³-hybridized carbons (Fsp3) is 0.833. The number of halogens is 2. The Bertz CT molecular complexity index is 95.1. The molecule has 0 aliphatic carbocycles. The molecule has 1 atom stereocenters. The number of hydrogen-bond donors (Lipinski definition) is 0. The highest BCUT2D eigenvalue weighted by Crippen LogP contribution is 2.10. The van der Waals surface area contributed by atoms with Crippen LogP contribution < -0.4 is 0 Å². The van der Waals surface area contributed by atoms with Crippen molar-refractivity contribution in [1.29, 1.82) is 0 Å². The van der Waals surface area contributed by atoms with Gasteiger partial charge in [-0.15, -0.1) is 0 Å². The highest BCUT2D eigenvalue weighted by atomic mass is 79.9. The summed E-state index contributed by atoms with van der Waals surface area (Å²) in [6.45, 7) is 2.02. The topological polar surface area (TPSA) is 17.1 Å². The van der Waals surface area contributed by atoms with E-state index in [1.54, 1.807) is 0 Å². The zero-order valence-electron chi connectivity index (χ0n) is 5.36. The van der Waals surface area contributed by atoms with Crippen LogP contribution in [0.2, 0.25) is 0 Å². The molecule has 9 heavy (non-hydrogen) atoms. The van der Waals surface area contributed by atoms with E-state index in [0.717, 1.165) is 11.8 Å². The largest absolute Gasteiger partial charge is 0.281 e. The average molecular weight is 214 g/mol. The first-order valence-corrected chi connectivity index (χ1v) is 4.41. The van der Waals surface area contributed by atoms with E-state index in [2.05, 4.69) is 15.9 Å². The smallest absolute Gasteiger partial charge is 0.221 e. The molecule has 0 heterocycles. The molecule has 0 spiro atoms. The van der Waals surface area contributed by atoms with Crippen LogP contribution in [0.5, 0.6) is 0 Å². The minimum Gasteiger partial charge on any atom is -0.281 e. The van der Waals surface area contributed by atoms with E-state index in [1.165, 1.54) is 0 Å². The van der Waals surface area contributed by atoms with Gasteiger partial charge in [-0.25, -0.2) is 0 Å². The molecule has 1 unspecified atom stereocenters. The fourth-order valence-corrected chi connectivity index (χ4v) is 1.61. The van der Waals surface area contributed by atoms with Crippen LogP contribution in [0.25, 0.3) is 0 Å². The molecule has 54 valence electrons. The molecule has 0 aromatic carbocycles. The summed E-state index contributed by atoms with van der Waals surface area (Å²) in [7, 11) is 0. The number of carbonyl (C=O) groups is 1. The third kappa shape index (κ3) is 6.32. The summed E-state index contributed by atoms with van der Waals surface area (Å²) in [5, 5.41) is 0.710. The van der Waals surface area contributed by atoms with Crippen LogP contribution in [0.3, 0.4) is 0 Å². The Morgan fingerprint density at radius 2 is 2.33 bits per heavy atom. The number of rotatable bonds is 4. The lowest BCUT2D eigenvalue weighted by atomic mass is 10.1. The maximum Gasteiger partial charge on any atom is 0.221 e. The Morgan fingerprint density at radius 3 is 2.67 bits per heavy atom. The normalized spacial score (nSPS) is 13.2. The predicted octanol–water partition coefficient (Wildman–Crippen LogP) is 2.56. The molecule has 0 aliphatic rings. The molecular weight excluding hydrogens is 203 g/mol. The maximum absolute atomic E-state index is 10.3. The van der Waals surface area contributed by atoms with Crippen LogP contribution in [0.15, 0.2) is 0 Å². The van der Waals surface area contributed by atoms with Crippen LogP contribution >= 0.6 is 27.5 Å². The van der Waals surface area contributed by atoms with E-state index in [9.17, 15) is 4.79 Å². The number of hydrogen-bond acceptors (Lipinski definition) is 1. The Morgan fingerprint density at radius 1 is 1.78 bits per heavy atom. The summed E-state index contributed by atoms with van der Waals surface area (Å²) in [5.41, 5.74) is 0. The van der Waals surface area contributed by atoms with Gasteiger partial charge in [-0.05, 0) is 23.9 Å². The molecule has 0 N–H and O–H groups in total. The molecule has 0 bridgehead atoms. The molecule has 0 fully saturated rings. The lowest BCUT2D eigenvalue weighted by Crippen LogP contribution is -1.99. The standard InChI is InChI=1S/C6H10BrClO/c1-5(2-3-7)4-6(8)9/h5H,2-4H2,1H3. The molecule has 0 rings (SSSR count). The van der Waals surface area contributed by atoms with Gasteiger partial charge in [-0.3, -0.25) is 4.79 Å². The van der Waals surface area contributed by atoms with Gasteiger partial charge in [0.25, 0.3) is 0 Å². The van der Waals surface area contributed by atoms with Gasteiger partial charge in [-0.2, -0.15) is 0 Å². The summed E-state index contributed by atoms with van der Waals surface area (Å²) in [6.07, 6.45) is 1.51. The Kier molecular flexibility index (Phi) is 5.50. The minimum absolute atomic E-state index is 0.233. The molecule has 1 nitrogen and oxygen atoms in total. The Labute approximate surface area is 68.9 Å². The summed E-state index contributed by atoms with van der Waals surface area (Å²) in [5.74, 6) is 0.411. The third-order valence-corrected chi connectivity index (χ3v) is 1.72. The third-order valence-electron chi connectivity index (χ3n) is 1.11. The lowest BCUT2D eigenvalue weighted by molar-refractivity contribution is -0.112. The first-order chi connectivity index (χ1) is 4.16. The fourth-order valence-electron chi connectivity index (χ4n) is 0.562. The quantitative estimate of drug-likeness (QED) is 0.518. The van der Waals surface area contributed by atoms with Gasteiger partial charge in [0, 0.05) is 11.8 Å². The second kappa shape index (κ2) is 5.24. The molecule has 0 radical (unpaired) electrons. The highest BCUT2D eigenvalue weighted by Gasteiger charge is 2.04. The first-order valence-electron chi connectivity index (χ1n) is 2.91. The van der Waals surface area contributed by atoms with Crippen LogP contribution in [0.1, 0.15) is 19.8 Å². The molecule has 0 aliphatic heterocycles. The van der Waals surface area contributed by atoms with Crippen molar-refractivity contribution < 1.29 is 4.79 Å². The van der Waals surface area contributed by atoms with Crippen molar-refractivity contribution >= 4 is 32.8 Å². The van der Waals surface area contributed by atoms with E-state index >= 15 is 0 Å². The monoisotopic (exact) mass is 212 g/mol.